The van der Waals surface area contributed by atoms with Crippen molar-refractivity contribution in [3.05, 3.63) is 29.8 Å². The molecule has 0 aliphatic heterocycles. The number of nitrogens with zero attached hydrogens (tertiary/aromatic N) is 1. The van der Waals surface area contributed by atoms with Crippen molar-refractivity contribution in [1.82, 2.24) is 5.32 Å². The Bertz CT molecular complexity index is 565. The molecule has 0 saturated heterocycles. The lowest BCUT2D eigenvalue weighted by molar-refractivity contribution is -0.121. The molecule has 0 radical (unpaired) electrons. The van der Waals surface area contributed by atoms with Crippen LogP contribution in [0.2, 0.25) is 0 Å². The van der Waals surface area contributed by atoms with Crippen LogP contribution in [0.25, 0.3) is 0 Å². The van der Waals surface area contributed by atoms with Crippen molar-refractivity contribution in [2.75, 3.05) is 11.9 Å². The summed E-state index contributed by atoms with van der Waals surface area (Å²) in [6.07, 6.45) is 0. The highest BCUT2D eigenvalue weighted by Gasteiger charge is 2.24. The molecule has 0 fully saturated rings. The largest absolute Gasteiger partial charge is 0.384 e. The van der Waals surface area contributed by atoms with Crippen LogP contribution in [0.15, 0.2) is 29.4 Å². The summed E-state index contributed by atoms with van der Waals surface area (Å²) in [5.74, 6) is -0.510. The maximum Gasteiger partial charge on any atom is 0.265 e. The van der Waals surface area contributed by atoms with E-state index in [2.05, 4.69) is 15.8 Å². The number of aryl methyl sites for hydroxylation is 1. The van der Waals surface area contributed by atoms with Gasteiger partial charge in [0, 0.05) is 12.6 Å². The number of rotatable bonds is 6. The van der Waals surface area contributed by atoms with Crippen LogP contribution in [-0.2, 0) is 14.4 Å². The molecule has 0 aliphatic rings. The molecule has 120 valence electrons. The highest BCUT2D eigenvalue weighted by atomic mass is 16.6. The van der Waals surface area contributed by atoms with Gasteiger partial charge < -0.3 is 21.2 Å². The number of benzene rings is 1. The fourth-order valence-corrected chi connectivity index (χ4v) is 1.61. The van der Waals surface area contributed by atoms with E-state index < -0.39 is 5.54 Å². The second-order valence-corrected chi connectivity index (χ2v) is 5.47. The molecule has 2 amide bonds. The molecule has 0 aromatic heterocycles. The average Bonchev–Trinajstić information content (AvgIpc) is 2.39. The number of nitrogens with two attached hydrogens (primary N) is 1. The highest BCUT2D eigenvalue weighted by molar-refractivity contribution is 5.93. The number of hydrogen-bond donors (Lipinski definition) is 3. The summed E-state index contributed by atoms with van der Waals surface area (Å²) in [4.78, 5) is 27.7. The van der Waals surface area contributed by atoms with Crippen molar-refractivity contribution in [2.45, 2.75) is 33.2 Å². The number of nitrogens with one attached hydrogen (secondary N) is 2. The summed E-state index contributed by atoms with van der Waals surface area (Å²) < 4.78 is 0. The third kappa shape index (κ3) is 5.82. The van der Waals surface area contributed by atoms with E-state index in [1.54, 1.807) is 26.0 Å². The van der Waals surface area contributed by atoms with Crippen LogP contribution < -0.4 is 16.4 Å². The number of anilines is 1. The third-order valence-electron chi connectivity index (χ3n) is 2.82. The van der Waals surface area contributed by atoms with Gasteiger partial charge in [-0.25, -0.2) is 0 Å². The average molecular weight is 306 g/mol. The molecule has 0 aliphatic carbocycles. The van der Waals surface area contributed by atoms with E-state index >= 15 is 0 Å². The van der Waals surface area contributed by atoms with Gasteiger partial charge in [0.25, 0.3) is 5.91 Å². The summed E-state index contributed by atoms with van der Waals surface area (Å²) in [5.41, 5.74) is 6.67. The second kappa shape index (κ2) is 7.44. The topological polar surface area (TPSA) is 106 Å². The van der Waals surface area contributed by atoms with Crippen LogP contribution in [0, 0.1) is 6.92 Å². The molecule has 0 heterocycles. The molecule has 0 atom stereocenters. The van der Waals surface area contributed by atoms with Crippen LogP contribution >= 0.6 is 0 Å². The standard InChI is InChI=1S/C15H22N4O3/c1-10-5-7-12(8-6-10)17-13(21)9-22-19-14(16)15(3,4)18-11(2)20/h5-8H,9H2,1-4H3,(H2,16,19)(H,17,21)(H,18,20). The molecule has 0 unspecified atom stereocenters. The van der Waals surface area contributed by atoms with Crippen molar-refractivity contribution in [1.29, 1.82) is 0 Å². The van der Waals surface area contributed by atoms with Gasteiger partial charge in [-0.15, -0.1) is 0 Å². The maximum absolute atomic E-state index is 11.7. The lowest BCUT2D eigenvalue weighted by atomic mass is 10.0. The number of amides is 2. The van der Waals surface area contributed by atoms with Crippen LogP contribution in [0.4, 0.5) is 5.69 Å². The van der Waals surface area contributed by atoms with Gasteiger partial charge in [0.1, 0.15) is 0 Å². The molecule has 1 aromatic rings. The van der Waals surface area contributed by atoms with Gasteiger partial charge in [0.05, 0.1) is 5.54 Å². The quantitative estimate of drug-likeness (QED) is 0.416. The van der Waals surface area contributed by atoms with Gasteiger partial charge in [0.15, 0.2) is 12.4 Å². The number of carbonyl (C=O) groups excluding carboxylic acids is 2. The van der Waals surface area contributed by atoms with E-state index in [1.807, 2.05) is 19.1 Å². The molecule has 7 heteroatoms. The molecule has 0 saturated carbocycles. The monoisotopic (exact) mass is 306 g/mol. The zero-order valence-corrected chi connectivity index (χ0v) is 13.3. The third-order valence-corrected chi connectivity index (χ3v) is 2.82. The lowest BCUT2D eigenvalue weighted by Crippen LogP contribution is -2.52. The summed E-state index contributed by atoms with van der Waals surface area (Å²) in [6.45, 7) is 6.44. The van der Waals surface area contributed by atoms with Gasteiger partial charge in [-0.3, -0.25) is 9.59 Å². The SMILES string of the molecule is CC(=O)NC(C)(C)/C(N)=N/OCC(=O)Nc1ccc(C)cc1. The van der Waals surface area contributed by atoms with E-state index in [0.717, 1.165) is 5.56 Å². The first-order valence-electron chi connectivity index (χ1n) is 6.82. The van der Waals surface area contributed by atoms with Gasteiger partial charge in [-0.1, -0.05) is 22.9 Å². The van der Waals surface area contributed by atoms with Crippen molar-refractivity contribution in [3.63, 3.8) is 0 Å². The van der Waals surface area contributed by atoms with Crippen LogP contribution in [0.1, 0.15) is 26.3 Å². The van der Waals surface area contributed by atoms with Crippen molar-refractivity contribution in [3.8, 4) is 0 Å². The zero-order valence-electron chi connectivity index (χ0n) is 13.3. The zero-order chi connectivity index (χ0) is 16.8. The predicted octanol–water partition coefficient (Wildman–Crippen LogP) is 1.14. The maximum atomic E-state index is 11.7. The van der Waals surface area contributed by atoms with E-state index in [0.29, 0.717) is 5.69 Å². The molecule has 1 rings (SSSR count). The molecule has 0 bridgehead atoms. The van der Waals surface area contributed by atoms with Crippen molar-refractivity contribution >= 4 is 23.3 Å². The smallest absolute Gasteiger partial charge is 0.265 e. The van der Waals surface area contributed by atoms with E-state index in [-0.39, 0.29) is 24.3 Å². The highest BCUT2D eigenvalue weighted by Crippen LogP contribution is 2.08. The van der Waals surface area contributed by atoms with Crippen LogP contribution in [0.3, 0.4) is 0 Å². The molecule has 4 N–H and O–H groups in total. The molecule has 1 aromatic carbocycles. The lowest BCUT2D eigenvalue weighted by Gasteiger charge is -2.23. The molecule has 7 nitrogen and oxygen atoms in total. The summed E-state index contributed by atoms with van der Waals surface area (Å²) in [7, 11) is 0. The number of hydrogen-bond acceptors (Lipinski definition) is 4. The minimum atomic E-state index is -0.848. The van der Waals surface area contributed by atoms with Crippen molar-refractivity contribution in [2.24, 2.45) is 10.9 Å². The van der Waals surface area contributed by atoms with Gasteiger partial charge in [-0.2, -0.15) is 0 Å². The Labute approximate surface area is 129 Å². The Kier molecular flexibility index (Phi) is 5.91. The number of carbonyl (C=O) groups is 2. The summed E-state index contributed by atoms with van der Waals surface area (Å²) in [6, 6.07) is 7.38. The number of amidine groups is 1. The Hall–Kier alpha value is -2.57. The van der Waals surface area contributed by atoms with Gasteiger partial charge in [-0.05, 0) is 32.9 Å². The predicted molar refractivity (Wildman–Crippen MR) is 85.3 cm³/mol. The van der Waals surface area contributed by atoms with Crippen LogP contribution in [-0.4, -0.2) is 29.8 Å². The Morgan fingerprint density at radius 3 is 2.41 bits per heavy atom. The Morgan fingerprint density at radius 1 is 1.27 bits per heavy atom. The van der Waals surface area contributed by atoms with E-state index in [9.17, 15) is 9.59 Å². The minimum absolute atomic E-state index is 0.0748. The molecular formula is C15H22N4O3. The van der Waals surface area contributed by atoms with E-state index in [4.69, 9.17) is 10.6 Å². The fourth-order valence-electron chi connectivity index (χ4n) is 1.61. The first-order chi connectivity index (χ1) is 10.2. The van der Waals surface area contributed by atoms with Crippen LogP contribution in [0.5, 0.6) is 0 Å². The first kappa shape index (κ1) is 17.5. The Balaban J connectivity index is 2.48. The fraction of sp³-hybridized carbons (Fsp3) is 0.400. The summed E-state index contributed by atoms with van der Waals surface area (Å²) in [5, 5.41) is 8.96. The first-order valence-corrected chi connectivity index (χ1v) is 6.82. The van der Waals surface area contributed by atoms with E-state index in [1.165, 1.54) is 6.92 Å². The van der Waals surface area contributed by atoms with Gasteiger partial charge in [0.2, 0.25) is 5.91 Å². The second-order valence-electron chi connectivity index (χ2n) is 5.47. The van der Waals surface area contributed by atoms with Crippen molar-refractivity contribution < 1.29 is 14.4 Å². The number of oxime groups is 1. The molecule has 22 heavy (non-hydrogen) atoms. The molecular weight excluding hydrogens is 284 g/mol. The summed E-state index contributed by atoms with van der Waals surface area (Å²) >= 11 is 0. The Morgan fingerprint density at radius 2 is 1.86 bits per heavy atom. The molecule has 0 spiro atoms. The van der Waals surface area contributed by atoms with Gasteiger partial charge >= 0.3 is 0 Å². The minimum Gasteiger partial charge on any atom is -0.384 e. The normalized spacial score (nSPS) is 11.7.